The highest BCUT2D eigenvalue weighted by atomic mass is 32.1. The van der Waals surface area contributed by atoms with Gasteiger partial charge in [-0.3, -0.25) is 0 Å². The van der Waals surface area contributed by atoms with E-state index in [1.807, 2.05) is 11.3 Å². The zero-order chi connectivity index (χ0) is 13.1. The van der Waals surface area contributed by atoms with E-state index in [0.29, 0.717) is 6.04 Å². The molecule has 3 rings (SSSR count). The Morgan fingerprint density at radius 3 is 3.00 bits per heavy atom. The van der Waals surface area contributed by atoms with Crippen molar-refractivity contribution in [2.45, 2.75) is 51.5 Å². The Labute approximate surface area is 120 Å². The van der Waals surface area contributed by atoms with Crippen LogP contribution in [0, 0.1) is 5.92 Å². The highest BCUT2D eigenvalue weighted by Crippen LogP contribution is 2.32. The molecule has 2 nitrogen and oxygen atoms in total. The summed E-state index contributed by atoms with van der Waals surface area (Å²) in [5.41, 5.74) is 1.62. The molecule has 2 aliphatic carbocycles. The first-order valence-electron chi connectivity index (χ1n) is 7.75. The van der Waals surface area contributed by atoms with Crippen molar-refractivity contribution in [3.05, 3.63) is 21.4 Å². The number of hydrogen-bond acceptors (Lipinski definition) is 3. The first-order chi connectivity index (χ1) is 9.33. The molecule has 1 heterocycles. The Morgan fingerprint density at radius 1 is 1.37 bits per heavy atom. The van der Waals surface area contributed by atoms with Gasteiger partial charge in [-0.25, -0.2) is 0 Å². The van der Waals surface area contributed by atoms with Crippen LogP contribution in [0.5, 0.6) is 0 Å². The minimum atomic E-state index is 0.472. The largest absolute Gasteiger partial charge is 0.380 e. The summed E-state index contributed by atoms with van der Waals surface area (Å²) in [5, 5.41) is 3.59. The predicted molar refractivity (Wildman–Crippen MR) is 80.9 cm³/mol. The van der Waals surface area contributed by atoms with Crippen LogP contribution in [-0.4, -0.2) is 19.8 Å². The Morgan fingerprint density at radius 2 is 2.21 bits per heavy atom. The maximum atomic E-state index is 5.67. The average Bonchev–Trinajstić information content (AvgIpc) is 3.14. The van der Waals surface area contributed by atoms with E-state index in [1.165, 1.54) is 43.4 Å². The quantitative estimate of drug-likeness (QED) is 0.768. The van der Waals surface area contributed by atoms with Gasteiger partial charge in [0.1, 0.15) is 0 Å². The topological polar surface area (TPSA) is 21.3 Å². The maximum Gasteiger partial charge on any atom is 0.0591 e. The van der Waals surface area contributed by atoms with Crippen molar-refractivity contribution in [2.24, 2.45) is 5.92 Å². The van der Waals surface area contributed by atoms with E-state index in [-0.39, 0.29) is 0 Å². The lowest BCUT2D eigenvalue weighted by Crippen LogP contribution is -2.23. The van der Waals surface area contributed by atoms with Gasteiger partial charge in [0.2, 0.25) is 0 Å². The van der Waals surface area contributed by atoms with Gasteiger partial charge in [0.05, 0.1) is 6.61 Å². The fraction of sp³-hybridized carbons (Fsp3) is 0.750. The highest BCUT2D eigenvalue weighted by molar-refractivity contribution is 7.12. The van der Waals surface area contributed by atoms with Crippen LogP contribution in [0.4, 0.5) is 0 Å². The van der Waals surface area contributed by atoms with Gasteiger partial charge in [-0.2, -0.15) is 0 Å². The number of rotatable bonds is 7. The summed E-state index contributed by atoms with van der Waals surface area (Å²) >= 11 is 2.02. The van der Waals surface area contributed by atoms with Crippen LogP contribution in [0.3, 0.4) is 0 Å². The van der Waals surface area contributed by atoms with Crippen molar-refractivity contribution in [1.29, 1.82) is 0 Å². The zero-order valence-electron chi connectivity index (χ0n) is 11.9. The molecule has 1 atom stereocenters. The molecule has 2 aliphatic rings. The summed E-state index contributed by atoms with van der Waals surface area (Å²) in [6, 6.07) is 2.90. The lowest BCUT2D eigenvalue weighted by Gasteiger charge is -2.12. The van der Waals surface area contributed by atoms with E-state index in [9.17, 15) is 0 Å². The van der Waals surface area contributed by atoms with Crippen molar-refractivity contribution >= 4 is 11.3 Å². The molecule has 1 unspecified atom stereocenters. The van der Waals surface area contributed by atoms with Crippen LogP contribution in [-0.2, 0) is 17.6 Å². The normalized spacial score (nSPS) is 20.3. The van der Waals surface area contributed by atoms with Gasteiger partial charge < -0.3 is 10.1 Å². The van der Waals surface area contributed by atoms with Gasteiger partial charge in [-0.05, 0) is 63.0 Å². The lowest BCUT2D eigenvalue weighted by atomic mass is 9.99. The number of nitrogens with one attached hydrogen (secondary N) is 1. The first kappa shape index (κ1) is 13.6. The second-order valence-corrected chi connectivity index (χ2v) is 7.17. The minimum absolute atomic E-state index is 0.472. The molecule has 3 heteroatoms. The summed E-state index contributed by atoms with van der Waals surface area (Å²) in [4.78, 5) is 3.15. The van der Waals surface area contributed by atoms with E-state index in [2.05, 4.69) is 18.3 Å². The van der Waals surface area contributed by atoms with Crippen molar-refractivity contribution < 1.29 is 4.74 Å². The van der Waals surface area contributed by atoms with Crippen molar-refractivity contribution in [3.63, 3.8) is 0 Å². The number of hydrogen-bond donors (Lipinski definition) is 1. The summed E-state index contributed by atoms with van der Waals surface area (Å²) in [7, 11) is 0. The molecule has 106 valence electrons. The third-order valence-electron chi connectivity index (χ3n) is 4.19. The smallest absolute Gasteiger partial charge is 0.0591 e. The molecular weight excluding hydrogens is 254 g/mol. The lowest BCUT2D eigenvalue weighted by molar-refractivity contribution is 0.124. The monoisotopic (exact) mass is 279 g/mol. The molecule has 1 aromatic rings. The number of fused-ring (bicyclic) bond motifs is 1. The van der Waals surface area contributed by atoms with Gasteiger partial charge in [0, 0.05) is 28.9 Å². The van der Waals surface area contributed by atoms with E-state index in [0.717, 1.165) is 25.7 Å². The molecule has 0 radical (unpaired) electrons. The molecule has 1 aromatic heterocycles. The van der Waals surface area contributed by atoms with Gasteiger partial charge in [-0.1, -0.05) is 0 Å². The molecule has 0 aliphatic heterocycles. The predicted octanol–water partition coefficient (Wildman–Crippen LogP) is 3.70. The molecule has 0 aromatic carbocycles. The van der Waals surface area contributed by atoms with Crippen LogP contribution in [0.25, 0.3) is 0 Å². The summed E-state index contributed by atoms with van der Waals surface area (Å²) in [5.74, 6) is 0.876. The fourth-order valence-electron chi connectivity index (χ4n) is 2.71. The molecule has 0 bridgehead atoms. The molecule has 19 heavy (non-hydrogen) atoms. The fourth-order valence-corrected chi connectivity index (χ4v) is 3.99. The highest BCUT2D eigenvalue weighted by Gasteiger charge is 2.21. The van der Waals surface area contributed by atoms with E-state index in [4.69, 9.17) is 4.74 Å². The minimum Gasteiger partial charge on any atom is -0.380 e. The van der Waals surface area contributed by atoms with E-state index >= 15 is 0 Å². The summed E-state index contributed by atoms with van der Waals surface area (Å²) < 4.78 is 5.67. The van der Waals surface area contributed by atoms with E-state index < -0.39 is 0 Å². The standard InChI is InChI=1S/C16H25NOS/c1-12(17-8-9-18-11-13-6-7-13)16-10-14-4-2-3-5-15(14)19-16/h10,12-13,17H,2-9,11H2,1H3. The molecule has 0 spiro atoms. The van der Waals surface area contributed by atoms with Gasteiger partial charge >= 0.3 is 0 Å². The SMILES string of the molecule is CC(NCCOCC1CC1)c1cc2c(s1)CCCC2. The van der Waals surface area contributed by atoms with E-state index in [1.54, 1.807) is 10.4 Å². The Kier molecular flexibility index (Phi) is 4.57. The Balaban J connectivity index is 1.41. The second kappa shape index (κ2) is 6.38. The van der Waals surface area contributed by atoms with Crippen molar-refractivity contribution in [1.82, 2.24) is 5.32 Å². The van der Waals surface area contributed by atoms with Crippen molar-refractivity contribution in [3.8, 4) is 0 Å². The number of ether oxygens (including phenoxy) is 1. The number of aryl methyl sites for hydroxylation is 2. The summed E-state index contributed by atoms with van der Waals surface area (Å²) in [6.07, 6.45) is 8.11. The van der Waals surface area contributed by atoms with Gasteiger partial charge in [0.15, 0.2) is 0 Å². The third kappa shape index (κ3) is 3.80. The second-order valence-electron chi connectivity index (χ2n) is 6.00. The first-order valence-corrected chi connectivity index (χ1v) is 8.57. The van der Waals surface area contributed by atoms with Crippen LogP contribution in [0.2, 0.25) is 0 Å². The van der Waals surface area contributed by atoms with Crippen LogP contribution in [0.15, 0.2) is 6.07 Å². The van der Waals surface area contributed by atoms with Gasteiger partial charge in [0.25, 0.3) is 0 Å². The third-order valence-corrected chi connectivity index (χ3v) is 5.61. The Bertz CT molecular complexity index is 387. The molecule has 1 N–H and O–H groups in total. The van der Waals surface area contributed by atoms with Crippen molar-refractivity contribution in [2.75, 3.05) is 19.8 Å². The Hall–Kier alpha value is -0.380. The average molecular weight is 279 g/mol. The van der Waals surface area contributed by atoms with Crippen LogP contribution in [0.1, 0.15) is 54.0 Å². The zero-order valence-corrected chi connectivity index (χ0v) is 12.7. The van der Waals surface area contributed by atoms with Crippen LogP contribution < -0.4 is 5.32 Å². The maximum absolute atomic E-state index is 5.67. The number of thiophene rings is 1. The molecule has 0 amide bonds. The molecular formula is C16H25NOS. The summed E-state index contributed by atoms with van der Waals surface area (Å²) in [6.45, 7) is 5.07. The molecule has 0 saturated heterocycles. The molecule has 1 saturated carbocycles. The van der Waals surface area contributed by atoms with Crippen LogP contribution >= 0.6 is 11.3 Å². The van der Waals surface area contributed by atoms with Gasteiger partial charge in [-0.15, -0.1) is 11.3 Å². The molecule has 1 fully saturated rings.